The van der Waals surface area contributed by atoms with Crippen molar-refractivity contribution < 1.29 is 22.3 Å². The Morgan fingerprint density at radius 2 is 1.54 bits per heavy atom. The molecule has 7 heteroatoms. The van der Waals surface area contributed by atoms with E-state index in [0.29, 0.717) is 5.75 Å². The Balaban J connectivity index is 1.58. The maximum atomic E-state index is 13.3. The highest BCUT2D eigenvalue weighted by Crippen LogP contribution is 2.24. The van der Waals surface area contributed by atoms with Crippen molar-refractivity contribution in [3.05, 3.63) is 94.3 Å². The lowest BCUT2D eigenvalue weighted by Crippen LogP contribution is -2.25. The Morgan fingerprint density at radius 1 is 0.971 bits per heavy atom. The zero-order valence-electron chi connectivity index (χ0n) is 19.8. The maximum absolute atomic E-state index is 13.3. The minimum Gasteiger partial charge on any atom is -0.475 e. The van der Waals surface area contributed by atoms with Gasteiger partial charge in [-0.25, -0.2) is 12.8 Å². The first-order valence-electron chi connectivity index (χ1n) is 11.1. The Hall–Kier alpha value is -3.14. The van der Waals surface area contributed by atoms with Crippen molar-refractivity contribution in [2.45, 2.75) is 44.1 Å². The normalized spacial score (nSPS) is 11.5. The molecule has 0 atom stereocenters. The molecule has 0 aliphatic rings. The van der Waals surface area contributed by atoms with Crippen molar-refractivity contribution >= 4 is 27.2 Å². The summed E-state index contributed by atoms with van der Waals surface area (Å²) >= 11 is 5.80. The van der Waals surface area contributed by atoms with Gasteiger partial charge in [-0.1, -0.05) is 54.6 Å². The minimum absolute atomic E-state index is 0.0159. The molecule has 0 bridgehead atoms. The van der Waals surface area contributed by atoms with E-state index >= 15 is 0 Å². The molecule has 0 amide bonds. The van der Waals surface area contributed by atoms with E-state index in [0.717, 1.165) is 16.7 Å². The number of sulfone groups is 1. The fourth-order valence-electron chi connectivity index (χ4n) is 3.29. The van der Waals surface area contributed by atoms with E-state index < -0.39 is 21.3 Å². The summed E-state index contributed by atoms with van der Waals surface area (Å²) in [7, 11) is -3.25. The first-order valence-corrected chi connectivity index (χ1v) is 13.1. The van der Waals surface area contributed by atoms with Gasteiger partial charge in [0.15, 0.2) is 15.4 Å². The highest BCUT2D eigenvalue weighted by atomic mass is 35.5. The summed E-state index contributed by atoms with van der Waals surface area (Å²) in [5, 5.41) is -0.0159. The van der Waals surface area contributed by atoms with Gasteiger partial charge in [-0.2, -0.15) is 0 Å². The SMILES string of the molecule is CCS(=O)(=O)c1ccc(CC(=O)Cc2ccc(C#CC(C)(C)Oc3ccc(F)c(Cl)c3)cc2)cc1. The van der Waals surface area contributed by atoms with Crippen molar-refractivity contribution in [2.24, 2.45) is 0 Å². The lowest BCUT2D eigenvalue weighted by Gasteiger charge is -2.20. The molecule has 0 fully saturated rings. The Bertz CT molecular complexity index is 1370. The summed E-state index contributed by atoms with van der Waals surface area (Å²) in [6.45, 7) is 5.20. The zero-order valence-corrected chi connectivity index (χ0v) is 21.3. The predicted molar refractivity (Wildman–Crippen MR) is 136 cm³/mol. The average Bonchev–Trinajstić information content (AvgIpc) is 2.81. The van der Waals surface area contributed by atoms with Gasteiger partial charge in [0.25, 0.3) is 0 Å². The van der Waals surface area contributed by atoms with Crippen LogP contribution in [0.5, 0.6) is 5.75 Å². The van der Waals surface area contributed by atoms with E-state index in [9.17, 15) is 17.6 Å². The molecular weight excluding hydrogens is 487 g/mol. The predicted octanol–water partition coefficient (Wildman–Crippen LogP) is 5.84. The largest absolute Gasteiger partial charge is 0.475 e. The highest BCUT2D eigenvalue weighted by molar-refractivity contribution is 7.91. The van der Waals surface area contributed by atoms with Gasteiger partial charge < -0.3 is 4.74 Å². The van der Waals surface area contributed by atoms with Gasteiger partial charge in [0.1, 0.15) is 17.3 Å². The molecule has 0 aromatic heterocycles. The van der Waals surface area contributed by atoms with Crippen molar-refractivity contribution in [1.82, 2.24) is 0 Å². The van der Waals surface area contributed by atoms with Crippen molar-refractivity contribution in [2.75, 3.05) is 5.75 Å². The number of benzene rings is 3. The zero-order chi connectivity index (χ0) is 25.6. The van der Waals surface area contributed by atoms with E-state index in [4.69, 9.17) is 16.3 Å². The molecule has 0 saturated heterocycles. The van der Waals surface area contributed by atoms with Crippen LogP contribution in [0.25, 0.3) is 0 Å². The third-order valence-electron chi connectivity index (χ3n) is 5.19. The van der Waals surface area contributed by atoms with E-state index in [1.165, 1.54) is 18.2 Å². The summed E-state index contributed by atoms with van der Waals surface area (Å²) in [6, 6.07) is 18.0. The van der Waals surface area contributed by atoms with Crippen LogP contribution in [0, 0.1) is 17.7 Å². The fourth-order valence-corrected chi connectivity index (χ4v) is 4.34. The van der Waals surface area contributed by atoms with E-state index in [1.807, 2.05) is 24.3 Å². The molecule has 0 radical (unpaired) electrons. The molecule has 0 saturated carbocycles. The molecule has 0 aliphatic heterocycles. The van der Waals surface area contributed by atoms with Gasteiger partial charge in [-0.15, -0.1) is 0 Å². The molecule has 4 nitrogen and oxygen atoms in total. The molecule has 0 spiro atoms. The number of ketones is 1. The molecule has 3 rings (SSSR count). The first kappa shape index (κ1) is 26.5. The molecule has 0 heterocycles. The highest BCUT2D eigenvalue weighted by Gasteiger charge is 2.17. The van der Waals surface area contributed by atoms with E-state index in [2.05, 4.69) is 11.8 Å². The molecule has 0 aliphatic carbocycles. The van der Waals surface area contributed by atoms with Gasteiger partial charge in [0.05, 0.1) is 15.7 Å². The lowest BCUT2D eigenvalue weighted by molar-refractivity contribution is -0.117. The van der Waals surface area contributed by atoms with Gasteiger partial charge in [0.2, 0.25) is 0 Å². The summed E-state index contributed by atoms with van der Waals surface area (Å²) in [6.07, 6.45) is 0.496. The van der Waals surface area contributed by atoms with Crippen LogP contribution in [0.1, 0.15) is 37.5 Å². The van der Waals surface area contributed by atoms with Gasteiger partial charge in [0, 0.05) is 24.5 Å². The first-order chi connectivity index (χ1) is 16.5. The topological polar surface area (TPSA) is 60.4 Å². The van der Waals surface area contributed by atoms with Crippen molar-refractivity contribution in [3.8, 4) is 17.6 Å². The number of hydrogen-bond donors (Lipinski definition) is 0. The standard InChI is InChI=1S/C28H26ClFO4S/c1-4-35(32,33)25-12-9-22(10-13-25)18-23(31)17-21-7-5-20(6-8-21)15-16-28(2,3)34-24-11-14-27(30)26(29)19-24/h5-14,19H,4,17-18H2,1-3H3. The second-order valence-electron chi connectivity index (χ2n) is 8.57. The van der Waals surface area contributed by atoms with E-state index in [1.54, 1.807) is 45.0 Å². The number of hydrogen-bond acceptors (Lipinski definition) is 4. The van der Waals surface area contributed by atoms with Crippen molar-refractivity contribution in [1.29, 1.82) is 0 Å². The van der Waals surface area contributed by atoms with Crippen LogP contribution >= 0.6 is 11.6 Å². The van der Waals surface area contributed by atoms with Gasteiger partial charge in [-0.3, -0.25) is 4.79 Å². The van der Waals surface area contributed by atoms with Crippen LogP contribution in [-0.2, 0) is 27.5 Å². The summed E-state index contributed by atoms with van der Waals surface area (Å²) in [5.41, 5.74) is 1.57. The van der Waals surface area contributed by atoms with Crippen LogP contribution in [0.15, 0.2) is 71.6 Å². The Labute approximate surface area is 211 Å². The van der Waals surface area contributed by atoms with Crippen molar-refractivity contribution in [3.63, 3.8) is 0 Å². The van der Waals surface area contributed by atoms with Gasteiger partial charge >= 0.3 is 0 Å². The molecular formula is C28H26ClFO4S. The second-order valence-corrected chi connectivity index (χ2v) is 11.3. The summed E-state index contributed by atoms with van der Waals surface area (Å²) < 4.78 is 43.0. The second kappa shape index (κ2) is 11.1. The number of rotatable bonds is 8. The number of carbonyl (C=O) groups excluding carboxylic acids is 1. The van der Waals surface area contributed by atoms with Crippen LogP contribution in [0.4, 0.5) is 4.39 Å². The third kappa shape index (κ3) is 7.68. The summed E-state index contributed by atoms with van der Waals surface area (Å²) in [4.78, 5) is 12.8. The van der Waals surface area contributed by atoms with Crippen LogP contribution in [0.2, 0.25) is 5.02 Å². The molecule has 0 N–H and O–H groups in total. The monoisotopic (exact) mass is 512 g/mol. The average molecular weight is 513 g/mol. The molecule has 182 valence electrons. The fraction of sp³-hybridized carbons (Fsp3) is 0.250. The lowest BCUT2D eigenvalue weighted by atomic mass is 10.0. The van der Waals surface area contributed by atoms with Gasteiger partial charge in [-0.05, 0) is 61.4 Å². The molecule has 35 heavy (non-hydrogen) atoms. The number of halogens is 2. The van der Waals surface area contributed by atoms with Crippen LogP contribution < -0.4 is 4.74 Å². The number of carbonyl (C=O) groups is 1. The molecule has 3 aromatic carbocycles. The summed E-state index contributed by atoms with van der Waals surface area (Å²) in [5.74, 6) is 6.09. The molecule has 0 unspecified atom stereocenters. The Morgan fingerprint density at radius 3 is 2.09 bits per heavy atom. The number of Topliss-reactive ketones (excluding diaryl/α,β-unsaturated/α-hetero) is 1. The quantitative estimate of drug-likeness (QED) is 0.356. The molecule has 3 aromatic rings. The third-order valence-corrected chi connectivity index (χ3v) is 7.23. The number of ether oxygens (including phenoxy) is 1. The minimum atomic E-state index is -3.25. The Kier molecular flexibility index (Phi) is 8.37. The van der Waals surface area contributed by atoms with E-state index in [-0.39, 0.29) is 34.3 Å². The van der Waals surface area contributed by atoms with Crippen LogP contribution in [-0.4, -0.2) is 25.6 Å². The maximum Gasteiger partial charge on any atom is 0.178 e. The smallest absolute Gasteiger partial charge is 0.178 e. The van der Waals surface area contributed by atoms with Crippen LogP contribution in [0.3, 0.4) is 0 Å².